The van der Waals surface area contributed by atoms with Crippen LogP contribution < -0.4 is 4.89 Å². The zero-order valence-corrected chi connectivity index (χ0v) is 13.2. The van der Waals surface area contributed by atoms with Crippen molar-refractivity contribution in [3.8, 4) is 0 Å². The van der Waals surface area contributed by atoms with Crippen LogP contribution in [0.2, 0.25) is 0 Å². The second kappa shape index (κ2) is 5.36. The number of hydrogen-bond acceptors (Lipinski definition) is 3. The summed E-state index contributed by atoms with van der Waals surface area (Å²) in [6.45, 7) is 10.6. The Balaban J connectivity index is 2.17. The van der Waals surface area contributed by atoms with E-state index in [1.807, 2.05) is 13.8 Å². The lowest BCUT2D eigenvalue weighted by atomic mass is 9.77. The van der Waals surface area contributed by atoms with E-state index in [0.29, 0.717) is 17.8 Å². The Kier molecular flexibility index (Phi) is 4.38. The van der Waals surface area contributed by atoms with Crippen LogP contribution in [0.3, 0.4) is 0 Å². The van der Waals surface area contributed by atoms with Gasteiger partial charge in [0, 0.05) is 5.92 Å². The summed E-state index contributed by atoms with van der Waals surface area (Å²) in [5.41, 5.74) is 0.105. The molecule has 1 saturated heterocycles. The molecule has 1 saturated carbocycles. The van der Waals surface area contributed by atoms with E-state index < -0.39 is 7.94 Å². The normalized spacial score (nSPS) is 49.8. The average Bonchev–Trinajstić information content (AvgIpc) is 2.53. The smallest absolute Gasteiger partial charge is 0.241 e. The van der Waals surface area contributed by atoms with Gasteiger partial charge in [-0.3, -0.25) is 0 Å². The Morgan fingerprint density at radius 3 is 2.11 bits per heavy atom. The van der Waals surface area contributed by atoms with E-state index in [2.05, 4.69) is 20.8 Å². The van der Waals surface area contributed by atoms with Gasteiger partial charge in [0.2, 0.25) is 7.94 Å². The molecule has 1 aliphatic carbocycles. The molecule has 18 heavy (non-hydrogen) atoms. The topological polar surface area (TPSA) is 41.5 Å². The minimum absolute atomic E-state index is 0.0409. The fraction of sp³-hybridized carbons (Fsp3) is 1.00. The monoisotopic (exact) mass is 274 g/mol. The fourth-order valence-electron chi connectivity index (χ4n) is 3.33. The average molecular weight is 274 g/mol. The van der Waals surface area contributed by atoms with Gasteiger partial charge >= 0.3 is 0 Å². The number of hydrogen-bond donors (Lipinski definition) is 0. The Labute approximate surface area is 112 Å². The molecule has 2 rings (SSSR count). The summed E-state index contributed by atoms with van der Waals surface area (Å²) in [5, 5.41) is 0. The second-order valence-corrected chi connectivity index (χ2v) is 8.72. The van der Waals surface area contributed by atoms with Crippen molar-refractivity contribution < 1.29 is 13.9 Å². The zero-order chi connectivity index (χ0) is 13.5. The molecule has 0 aromatic rings. The molecule has 106 valence electrons. The minimum atomic E-state index is -2.91. The fourth-order valence-corrected chi connectivity index (χ4v) is 6.54. The molecule has 0 radical (unpaired) electrons. The first-order valence-corrected chi connectivity index (χ1v) is 8.91. The molecule has 0 amide bonds. The zero-order valence-electron chi connectivity index (χ0n) is 12.3. The third-order valence-electron chi connectivity index (χ3n) is 4.68. The van der Waals surface area contributed by atoms with Gasteiger partial charge in [-0.2, -0.15) is 0 Å². The first-order valence-electron chi connectivity index (χ1n) is 7.30. The van der Waals surface area contributed by atoms with Crippen molar-refractivity contribution in [3.63, 3.8) is 0 Å². The van der Waals surface area contributed by atoms with Crippen LogP contribution in [0.25, 0.3) is 0 Å². The molecule has 3 nitrogen and oxygen atoms in total. The first kappa shape index (κ1) is 14.7. The van der Waals surface area contributed by atoms with E-state index in [9.17, 15) is 4.89 Å². The summed E-state index contributed by atoms with van der Waals surface area (Å²) in [4.78, 5) is 13.0. The van der Waals surface area contributed by atoms with Gasteiger partial charge in [-0.05, 0) is 38.5 Å². The maximum Gasteiger partial charge on any atom is 0.241 e. The van der Waals surface area contributed by atoms with Gasteiger partial charge in [-0.1, -0.05) is 27.2 Å². The molecule has 0 aromatic heterocycles. The van der Waals surface area contributed by atoms with Gasteiger partial charge < -0.3 is 4.89 Å². The molecule has 4 heteroatoms. The molecule has 1 unspecified atom stereocenters. The predicted octanol–water partition coefficient (Wildman–Crippen LogP) is 3.39. The summed E-state index contributed by atoms with van der Waals surface area (Å²) >= 11 is 0. The summed E-state index contributed by atoms with van der Waals surface area (Å²) < 4.78 is 11.5. The van der Waals surface area contributed by atoms with Crippen molar-refractivity contribution in [1.29, 1.82) is 0 Å². The highest BCUT2D eigenvalue weighted by Gasteiger charge is 2.55. The third kappa shape index (κ3) is 2.75. The summed E-state index contributed by atoms with van der Waals surface area (Å²) in [6.07, 6.45) is 3.30. The van der Waals surface area contributed by atoms with Crippen LogP contribution in [0.5, 0.6) is 0 Å². The molecule has 6 atom stereocenters. The van der Waals surface area contributed by atoms with E-state index in [-0.39, 0.29) is 17.9 Å². The van der Waals surface area contributed by atoms with Gasteiger partial charge in [0.1, 0.15) is 17.9 Å². The molecular weight excluding hydrogens is 247 g/mol. The largest absolute Gasteiger partial charge is 0.631 e. The van der Waals surface area contributed by atoms with Gasteiger partial charge in [0.05, 0.1) is 0 Å². The minimum Gasteiger partial charge on any atom is -0.631 e. The molecule has 1 aliphatic heterocycles. The molecule has 2 fully saturated rings. The van der Waals surface area contributed by atoms with Gasteiger partial charge in [0.15, 0.2) is 0 Å². The van der Waals surface area contributed by atoms with Gasteiger partial charge in [0.25, 0.3) is 0 Å². The van der Waals surface area contributed by atoms with Crippen LogP contribution in [0.1, 0.15) is 53.9 Å². The van der Waals surface area contributed by atoms with Crippen LogP contribution >= 0.6 is 7.94 Å². The van der Waals surface area contributed by atoms with Crippen molar-refractivity contribution in [2.24, 2.45) is 17.8 Å². The van der Waals surface area contributed by atoms with E-state index >= 15 is 0 Å². The highest BCUT2D eigenvalue weighted by atomic mass is 31.2. The first-order chi connectivity index (χ1) is 8.33. The molecular formula is C14H27O3P. The van der Waals surface area contributed by atoms with E-state index in [1.165, 1.54) is 6.42 Å². The van der Waals surface area contributed by atoms with Crippen molar-refractivity contribution in [2.45, 2.75) is 71.7 Å². The second-order valence-electron chi connectivity index (χ2n) is 6.55. The van der Waals surface area contributed by atoms with E-state index in [4.69, 9.17) is 9.05 Å². The van der Waals surface area contributed by atoms with Crippen molar-refractivity contribution in [1.82, 2.24) is 0 Å². The maximum atomic E-state index is 13.0. The molecule has 2 aliphatic rings. The lowest BCUT2D eigenvalue weighted by Crippen LogP contribution is -2.38. The molecule has 0 bridgehead atoms. The summed E-state index contributed by atoms with van der Waals surface area (Å²) in [6, 6.07) is 0. The standard InChI is InChI=1S/C14H27O3P/c1-9(2)13-7-6-10(3)8-14(13)18(15)16-11(4)12(5)17-18/h9-14H,6-8H2,1-5H3/t10-,11-,12+,13+,14-,18?/m1/s1. The lowest BCUT2D eigenvalue weighted by Gasteiger charge is -2.41. The van der Waals surface area contributed by atoms with E-state index in [0.717, 1.165) is 12.8 Å². The van der Waals surface area contributed by atoms with Crippen LogP contribution in [0.4, 0.5) is 0 Å². The van der Waals surface area contributed by atoms with Crippen LogP contribution in [-0.4, -0.2) is 17.9 Å². The van der Waals surface area contributed by atoms with Crippen molar-refractivity contribution in [3.05, 3.63) is 0 Å². The van der Waals surface area contributed by atoms with Crippen molar-refractivity contribution in [2.75, 3.05) is 0 Å². The number of rotatable bonds is 2. The van der Waals surface area contributed by atoms with Crippen molar-refractivity contribution >= 4 is 7.94 Å². The van der Waals surface area contributed by atoms with Crippen LogP contribution in [0.15, 0.2) is 0 Å². The lowest BCUT2D eigenvalue weighted by molar-refractivity contribution is -0.215. The van der Waals surface area contributed by atoms with Crippen LogP contribution in [0, 0.1) is 17.8 Å². The summed E-state index contributed by atoms with van der Waals surface area (Å²) in [5.74, 6) is 1.66. The maximum absolute atomic E-state index is 13.0. The SMILES string of the molecule is CC(C)[C@@H]1CC[C@@H](C)C[C@H]1[P+]1([O-])O[C@@H](C)[C@@H](C)O1. The van der Waals surface area contributed by atoms with E-state index in [1.54, 1.807) is 0 Å². The Morgan fingerprint density at radius 2 is 1.61 bits per heavy atom. The molecule has 1 heterocycles. The molecule has 0 N–H and O–H groups in total. The Morgan fingerprint density at radius 1 is 1.06 bits per heavy atom. The molecule has 0 aromatic carbocycles. The summed E-state index contributed by atoms with van der Waals surface area (Å²) in [7, 11) is -2.91. The Bertz CT molecular complexity index is 285. The highest BCUT2D eigenvalue weighted by Crippen LogP contribution is 2.68. The third-order valence-corrected chi connectivity index (χ3v) is 7.34. The predicted molar refractivity (Wildman–Crippen MR) is 73.1 cm³/mol. The Hall–Kier alpha value is 0.310. The quantitative estimate of drug-likeness (QED) is 0.725. The van der Waals surface area contributed by atoms with Crippen LogP contribution in [-0.2, 0) is 9.05 Å². The van der Waals surface area contributed by atoms with Gasteiger partial charge in [-0.15, -0.1) is 0 Å². The van der Waals surface area contributed by atoms with Gasteiger partial charge in [-0.25, -0.2) is 9.05 Å². The molecule has 0 spiro atoms. The highest BCUT2D eigenvalue weighted by molar-refractivity contribution is 7.60.